The summed E-state index contributed by atoms with van der Waals surface area (Å²) in [7, 11) is 2.29. The molecular weight excluding hydrogens is 274 g/mol. The predicted octanol–water partition coefficient (Wildman–Crippen LogP) is 3.28. The van der Waals surface area contributed by atoms with Gasteiger partial charge in [0.15, 0.2) is 0 Å². The summed E-state index contributed by atoms with van der Waals surface area (Å²) in [6, 6.07) is 8.55. The van der Waals surface area contributed by atoms with Gasteiger partial charge < -0.3 is 14.3 Å². The van der Waals surface area contributed by atoms with E-state index in [-0.39, 0.29) is 11.6 Å². The van der Waals surface area contributed by atoms with Crippen molar-refractivity contribution in [2.75, 3.05) is 26.7 Å². The van der Waals surface area contributed by atoms with Gasteiger partial charge in [-0.3, -0.25) is 0 Å². The van der Waals surface area contributed by atoms with Crippen LogP contribution in [0.1, 0.15) is 44.2 Å². The maximum Gasteiger partial charge on any atom is 0.125 e. The Morgan fingerprint density at radius 1 is 1.27 bits per heavy atom. The molecule has 0 aromatic heterocycles. The zero-order valence-electron chi connectivity index (χ0n) is 14.6. The van der Waals surface area contributed by atoms with Gasteiger partial charge in [-0.2, -0.15) is 0 Å². The molecule has 0 amide bonds. The minimum Gasteiger partial charge on any atom is -0.390 e. The molecule has 0 spiro atoms. The third-order valence-corrected chi connectivity index (χ3v) is 5.55. The minimum atomic E-state index is 0.0674. The first-order valence-corrected chi connectivity index (χ1v) is 8.70. The number of benzene rings is 1. The van der Waals surface area contributed by atoms with E-state index in [1.54, 1.807) is 0 Å². The molecule has 3 unspecified atom stereocenters. The molecule has 0 saturated carbocycles. The highest BCUT2D eigenvalue weighted by molar-refractivity contribution is 5.20. The molecule has 22 heavy (non-hydrogen) atoms. The number of fused-ring (bicyclic) bond motifs is 1. The maximum atomic E-state index is 9.85. The first-order chi connectivity index (χ1) is 10.6. The average molecular weight is 306 g/mol. The van der Waals surface area contributed by atoms with Crippen LogP contribution in [0.4, 0.5) is 0 Å². The van der Waals surface area contributed by atoms with Crippen molar-refractivity contribution in [2.45, 2.75) is 58.3 Å². The summed E-state index contributed by atoms with van der Waals surface area (Å²) < 4.78 is 7.13. The van der Waals surface area contributed by atoms with Crippen LogP contribution in [-0.2, 0) is 11.3 Å². The maximum absolute atomic E-state index is 9.85. The van der Waals surface area contributed by atoms with Gasteiger partial charge >= 0.3 is 0 Å². The van der Waals surface area contributed by atoms with Crippen LogP contribution in [-0.4, -0.2) is 48.0 Å². The van der Waals surface area contributed by atoms with Gasteiger partial charge in [0.1, 0.15) is 18.2 Å². The Balaban J connectivity index is 0.000000847. The molecule has 1 N–H and O–H groups in total. The molecule has 0 bridgehead atoms. The minimum absolute atomic E-state index is 0.0674. The standard InChI is InChI=1S/C17H26NO2.C2H6/c1-14-4-6-15(7-5-14)12-20-16-10-17(13-19)8-3-9-18(17,2)11-16;1-2/h4-7,16,19H,3,8-13H2,1-2H3;1-2H3/q+1;. The second-order valence-electron chi connectivity index (χ2n) is 6.91. The Morgan fingerprint density at radius 2 is 1.95 bits per heavy atom. The first-order valence-electron chi connectivity index (χ1n) is 8.70. The summed E-state index contributed by atoms with van der Waals surface area (Å²) in [5.41, 5.74) is 2.59. The smallest absolute Gasteiger partial charge is 0.125 e. The van der Waals surface area contributed by atoms with Crippen molar-refractivity contribution in [1.29, 1.82) is 0 Å². The van der Waals surface area contributed by atoms with Crippen molar-refractivity contribution in [2.24, 2.45) is 0 Å². The van der Waals surface area contributed by atoms with Gasteiger partial charge in [0, 0.05) is 19.3 Å². The number of hydrogen-bond donors (Lipinski definition) is 1. The molecule has 1 aromatic rings. The molecule has 0 aliphatic carbocycles. The molecule has 3 atom stereocenters. The third-order valence-electron chi connectivity index (χ3n) is 5.55. The van der Waals surface area contributed by atoms with Crippen LogP contribution in [0.5, 0.6) is 0 Å². The van der Waals surface area contributed by atoms with Crippen LogP contribution in [0.25, 0.3) is 0 Å². The molecule has 2 fully saturated rings. The highest BCUT2D eigenvalue weighted by atomic mass is 16.5. The highest BCUT2D eigenvalue weighted by Crippen LogP contribution is 2.45. The molecule has 2 aliphatic heterocycles. The number of aliphatic hydroxyl groups is 1. The average Bonchev–Trinajstić information content (AvgIpc) is 2.98. The van der Waals surface area contributed by atoms with Crippen LogP contribution in [0.15, 0.2) is 24.3 Å². The van der Waals surface area contributed by atoms with Crippen molar-refractivity contribution >= 4 is 0 Å². The lowest BCUT2D eigenvalue weighted by atomic mass is 9.93. The Hall–Kier alpha value is -0.900. The summed E-state index contributed by atoms with van der Waals surface area (Å²) in [5.74, 6) is 0. The molecule has 2 saturated heterocycles. The molecule has 0 radical (unpaired) electrons. The van der Waals surface area contributed by atoms with E-state index in [0.717, 1.165) is 23.9 Å². The fourth-order valence-electron chi connectivity index (χ4n) is 4.13. The molecule has 124 valence electrons. The zero-order chi connectivity index (χ0) is 16.2. The van der Waals surface area contributed by atoms with E-state index in [1.807, 2.05) is 13.8 Å². The van der Waals surface area contributed by atoms with E-state index < -0.39 is 0 Å². The van der Waals surface area contributed by atoms with Crippen LogP contribution < -0.4 is 0 Å². The molecule has 3 heteroatoms. The van der Waals surface area contributed by atoms with Crippen LogP contribution >= 0.6 is 0 Å². The van der Waals surface area contributed by atoms with Gasteiger partial charge in [-0.05, 0) is 12.5 Å². The second-order valence-corrected chi connectivity index (χ2v) is 6.91. The summed E-state index contributed by atoms with van der Waals surface area (Å²) in [6.45, 7) is 9.32. The largest absolute Gasteiger partial charge is 0.390 e. The van der Waals surface area contributed by atoms with E-state index in [9.17, 15) is 5.11 Å². The van der Waals surface area contributed by atoms with Crippen LogP contribution in [0.2, 0.25) is 0 Å². The van der Waals surface area contributed by atoms with E-state index in [1.165, 1.54) is 24.1 Å². The second kappa shape index (κ2) is 7.12. The highest BCUT2D eigenvalue weighted by Gasteiger charge is 2.59. The van der Waals surface area contributed by atoms with Gasteiger partial charge in [-0.1, -0.05) is 43.7 Å². The number of nitrogens with zero attached hydrogens (tertiary/aromatic N) is 1. The molecule has 2 heterocycles. The Morgan fingerprint density at radius 3 is 2.55 bits per heavy atom. The number of rotatable bonds is 4. The van der Waals surface area contributed by atoms with E-state index >= 15 is 0 Å². The fraction of sp³-hybridized carbons (Fsp3) is 0.684. The van der Waals surface area contributed by atoms with Crippen molar-refractivity contribution < 1.29 is 14.3 Å². The van der Waals surface area contributed by atoms with Crippen LogP contribution in [0.3, 0.4) is 0 Å². The lowest BCUT2D eigenvalue weighted by Gasteiger charge is -2.38. The van der Waals surface area contributed by atoms with Gasteiger partial charge in [-0.15, -0.1) is 0 Å². The molecule has 3 rings (SSSR count). The van der Waals surface area contributed by atoms with E-state index in [0.29, 0.717) is 13.2 Å². The van der Waals surface area contributed by atoms with Gasteiger partial charge in [0.05, 0.1) is 26.8 Å². The Kier molecular flexibility index (Phi) is 5.65. The zero-order valence-corrected chi connectivity index (χ0v) is 14.6. The third kappa shape index (κ3) is 3.22. The van der Waals surface area contributed by atoms with Crippen molar-refractivity contribution in [3.8, 4) is 0 Å². The Bertz CT molecular complexity index is 473. The number of aliphatic hydroxyl groups excluding tert-OH is 1. The lowest BCUT2D eigenvalue weighted by Crippen LogP contribution is -2.55. The molecule has 3 nitrogen and oxygen atoms in total. The number of likely N-dealkylation sites (N-methyl/N-ethyl adjacent to an activating group) is 1. The quantitative estimate of drug-likeness (QED) is 0.865. The van der Waals surface area contributed by atoms with Crippen LogP contribution in [0, 0.1) is 6.92 Å². The monoisotopic (exact) mass is 306 g/mol. The molecule has 2 aliphatic rings. The fourth-order valence-corrected chi connectivity index (χ4v) is 4.13. The van der Waals surface area contributed by atoms with Gasteiger partial charge in [0.25, 0.3) is 0 Å². The van der Waals surface area contributed by atoms with Crippen molar-refractivity contribution in [3.05, 3.63) is 35.4 Å². The molecular formula is C19H32NO2+. The summed E-state index contributed by atoms with van der Waals surface area (Å²) >= 11 is 0. The number of aryl methyl sites for hydroxylation is 1. The topological polar surface area (TPSA) is 29.5 Å². The summed E-state index contributed by atoms with van der Waals surface area (Å²) in [6.07, 6.45) is 3.67. The van der Waals surface area contributed by atoms with E-state index in [2.05, 4.69) is 38.2 Å². The molecule has 1 aromatic carbocycles. The Labute approximate surface area is 135 Å². The predicted molar refractivity (Wildman–Crippen MR) is 90.7 cm³/mol. The number of quaternary nitrogens is 1. The lowest BCUT2D eigenvalue weighted by molar-refractivity contribution is -0.935. The summed E-state index contributed by atoms with van der Waals surface area (Å²) in [5, 5.41) is 9.85. The number of ether oxygens (including phenoxy) is 1. The number of hydrogen-bond acceptors (Lipinski definition) is 2. The van der Waals surface area contributed by atoms with Crippen molar-refractivity contribution in [1.82, 2.24) is 0 Å². The van der Waals surface area contributed by atoms with E-state index in [4.69, 9.17) is 4.74 Å². The SMILES string of the molecule is CC.Cc1ccc(COC2CC3(CO)CCC[N+]3(C)C2)cc1. The van der Waals surface area contributed by atoms with Gasteiger partial charge in [-0.25, -0.2) is 0 Å². The van der Waals surface area contributed by atoms with Gasteiger partial charge in [0.2, 0.25) is 0 Å². The van der Waals surface area contributed by atoms with Crippen molar-refractivity contribution in [3.63, 3.8) is 0 Å². The first kappa shape index (κ1) is 17.5. The summed E-state index contributed by atoms with van der Waals surface area (Å²) in [4.78, 5) is 0. The normalized spacial score (nSPS) is 33.2.